The summed E-state index contributed by atoms with van der Waals surface area (Å²) >= 11 is 0. The van der Waals surface area contributed by atoms with E-state index in [1.165, 1.54) is 88.1 Å². The number of hydrogen-bond acceptors (Lipinski definition) is 1. The molecular weight excluding hydrogens is 342 g/mol. The lowest BCUT2D eigenvalue weighted by Crippen LogP contribution is -2.20. The summed E-state index contributed by atoms with van der Waals surface area (Å²) in [4.78, 5) is 10.1. The molecule has 1 saturated heterocycles. The molecule has 6 rings (SSSR count). The maximum absolute atomic E-state index is 3.73. The van der Waals surface area contributed by atoms with Crippen LogP contribution in [0.2, 0.25) is 0 Å². The van der Waals surface area contributed by atoms with Gasteiger partial charge in [0.1, 0.15) is 0 Å². The average molecular weight is 367 g/mol. The van der Waals surface area contributed by atoms with Crippen LogP contribution in [0.4, 0.5) is 0 Å². The van der Waals surface area contributed by atoms with Gasteiger partial charge in [0.2, 0.25) is 0 Å². The van der Waals surface area contributed by atoms with Crippen molar-refractivity contribution >= 4 is 43.6 Å². The van der Waals surface area contributed by atoms with E-state index in [-0.39, 0.29) is 0 Å². The van der Waals surface area contributed by atoms with Crippen molar-refractivity contribution in [1.82, 2.24) is 14.9 Å². The zero-order valence-electron chi connectivity index (χ0n) is 16.1. The monoisotopic (exact) mass is 367 g/mol. The lowest BCUT2D eigenvalue weighted by molar-refractivity contribution is 0.334. The maximum atomic E-state index is 3.73. The van der Waals surface area contributed by atoms with E-state index in [0.29, 0.717) is 0 Å². The quantitative estimate of drug-likeness (QED) is 0.402. The number of aromatic nitrogens is 2. The molecule has 0 bridgehead atoms. The van der Waals surface area contributed by atoms with E-state index >= 15 is 0 Å². The van der Waals surface area contributed by atoms with Crippen molar-refractivity contribution in [3.05, 3.63) is 60.2 Å². The second kappa shape index (κ2) is 6.39. The minimum atomic E-state index is 1.10. The molecule has 28 heavy (non-hydrogen) atoms. The molecule has 3 aromatic carbocycles. The molecular formula is C25H25N3. The van der Waals surface area contributed by atoms with Gasteiger partial charge in [0.15, 0.2) is 0 Å². The molecule has 0 saturated carbocycles. The Kier molecular flexibility index (Phi) is 3.69. The Hall–Kier alpha value is -2.78. The number of benzene rings is 3. The van der Waals surface area contributed by atoms with Crippen LogP contribution < -0.4 is 0 Å². The molecule has 0 aliphatic carbocycles. The number of H-pyrrole nitrogens is 2. The largest absolute Gasteiger partial charge is 0.354 e. The first-order valence-corrected chi connectivity index (χ1v) is 10.5. The van der Waals surface area contributed by atoms with Crippen LogP contribution in [-0.4, -0.2) is 34.5 Å². The Morgan fingerprint density at radius 2 is 1.29 bits per heavy atom. The third-order valence-corrected chi connectivity index (χ3v) is 6.48. The minimum absolute atomic E-state index is 1.10. The van der Waals surface area contributed by atoms with Crippen molar-refractivity contribution in [2.24, 2.45) is 0 Å². The highest BCUT2D eigenvalue weighted by Crippen LogP contribution is 2.37. The van der Waals surface area contributed by atoms with Gasteiger partial charge in [0.05, 0.1) is 11.0 Å². The second-order valence-electron chi connectivity index (χ2n) is 8.19. The topological polar surface area (TPSA) is 34.8 Å². The smallest absolute Gasteiger partial charge is 0.0518 e. The normalized spacial score (nSPS) is 15.6. The minimum Gasteiger partial charge on any atom is -0.354 e. The number of likely N-dealkylation sites (tertiary alicyclic amines) is 1. The lowest BCUT2D eigenvalue weighted by atomic mass is 10.00. The van der Waals surface area contributed by atoms with E-state index in [1.807, 2.05) is 0 Å². The van der Waals surface area contributed by atoms with Crippen molar-refractivity contribution in [2.45, 2.75) is 25.7 Å². The Balaban J connectivity index is 1.55. The summed E-state index contributed by atoms with van der Waals surface area (Å²) in [5.74, 6) is 0. The van der Waals surface area contributed by atoms with Crippen LogP contribution in [-0.2, 0) is 6.42 Å². The second-order valence-corrected chi connectivity index (χ2v) is 8.19. The lowest BCUT2D eigenvalue weighted by Gasteiger charge is -2.14. The van der Waals surface area contributed by atoms with Crippen LogP contribution in [0.3, 0.4) is 0 Å². The van der Waals surface area contributed by atoms with E-state index in [0.717, 1.165) is 6.42 Å². The molecule has 3 heterocycles. The van der Waals surface area contributed by atoms with Gasteiger partial charge in [-0.2, -0.15) is 0 Å². The van der Waals surface area contributed by atoms with E-state index in [9.17, 15) is 0 Å². The zero-order valence-corrected chi connectivity index (χ0v) is 16.1. The predicted molar refractivity (Wildman–Crippen MR) is 119 cm³/mol. The summed E-state index contributed by atoms with van der Waals surface area (Å²) < 4.78 is 0. The van der Waals surface area contributed by atoms with Crippen molar-refractivity contribution in [3.63, 3.8) is 0 Å². The summed E-state index contributed by atoms with van der Waals surface area (Å²) in [5, 5.41) is 5.35. The van der Waals surface area contributed by atoms with Gasteiger partial charge in [0, 0.05) is 38.1 Å². The number of nitrogens with zero attached hydrogens (tertiary/aromatic N) is 1. The average Bonchev–Trinajstić information content (AvgIpc) is 3.45. The fourth-order valence-electron chi connectivity index (χ4n) is 5.11. The molecule has 1 fully saturated rings. The van der Waals surface area contributed by atoms with E-state index in [1.54, 1.807) is 0 Å². The summed E-state index contributed by atoms with van der Waals surface area (Å²) in [6.07, 6.45) is 5.04. The van der Waals surface area contributed by atoms with Crippen LogP contribution in [0.5, 0.6) is 0 Å². The SMILES string of the molecule is c1ccc2c(c1)[nH]c1c(CCCN3CCCC3)c3[nH]c4ccccc4c3cc12. The van der Waals surface area contributed by atoms with Crippen LogP contribution in [0.25, 0.3) is 43.6 Å². The van der Waals surface area contributed by atoms with Crippen LogP contribution in [0.15, 0.2) is 54.6 Å². The Bertz CT molecular complexity index is 1210. The van der Waals surface area contributed by atoms with Gasteiger partial charge < -0.3 is 14.9 Å². The third-order valence-electron chi connectivity index (χ3n) is 6.48. The summed E-state index contributed by atoms with van der Waals surface area (Å²) in [6.45, 7) is 3.76. The van der Waals surface area contributed by atoms with Crippen molar-refractivity contribution in [2.75, 3.05) is 19.6 Å². The van der Waals surface area contributed by atoms with Crippen LogP contribution in [0.1, 0.15) is 24.8 Å². The molecule has 1 aliphatic rings. The fraction of sp³-hybridized carbons (Fsp3) is 0.280. The highest BCUT2D eigenvalue weighted by Gasteiger charge is 2.17. The molecule has 0 radical (unpaired) electrons. The molecule has 0 unspecified atom stereocenters. The number of nitrogens with one attached hydrogen (secondary N) is 2. The van der Waals surface area contributed by atoms with Crippen molar-refractivity contribution in [3.8, 4) is 0 Å². The third kappa shape index (κ3) is 2.46. The molecule has 3 nitrogen and oxygen atoms in total. The highest BCUT2D eigenvalue weighted by atomic mass is 15.1. The summed E-state index contributed by atoms with van der Waals surface area (Å²) in [7, 11) is 0. The van der Waals surface area contributed by atoms with Gasteiger partial charge in [-0.15, -0.1) is 0 Å². The number of aromatic amines is 2. The van der Waals surface area contributed by atoms with Crippen LogP contribution in [0, 0.1) is 0 Å². The van der Waals surface area contributed by atoms with E-state index < -0.39 is 0 Å². The Morgan fingerprint density at radius 3 is 1.89 bits per heavy atom. The van der Waals surface area contributed by atoms with Gasteiger partial charge in [-0.1, -0.05) is 36.4 Å². The Morgan fingerprint density at radius 1 is 0.714 bits per heavy atom. The summed E-state index contributed by atoms with van der Waals surface area (Å²) in [5.41, 5.74) is 6.52. The zero-order chi connectivity index (χ0) is 18.5. The first-order chi connectivity index (χ1) is 13.9. The standard InChI is InChI=1S/C25H25N3/c1-3-11-22-17(8-1)20-16-21-18-9-2-4-12-23(18)27-25(21)19(24(20)26-22)10-7-15-28-13-5-6-14-28/h1-4,8-9,11-12,16,26-27H,5-7,10,13-15H2. The number of aryl methyl sites for hydroxylation is 1. The first-order valence-electron chi connectivity index (χ1n) is 10.5. The van der Waals surface area contributed by atoms with Gasteiger partial charge in [-0.3, -0.25) is 0 Å². The van der Waals surface area contributed by atoms with Crippen molar-refractivity contribution in [1.29, 1.82) is 0 Å². The molecule has 2 aromatic heterocycles. The number of rotatable bonds is 4. The molecule has 140 valence electrons. The molecule has 2 N–H and O–H groups in total. The van der Waals surface area contributed by atoms with Gasteiger partial charge >= 0.3 is 0 Å². The van der Waals surface area contributed by atoms with Gasteiger partial charge in [-0.05, 0) is 63.5 Å². The summed E-state index contributed by atoms with van der Waals surface area (Å²) in [6, 6.07) is 19.8. The number of fused-ring (bicyclic) bond motifs is 6. The molecule has 0 spiro atoms. The molecule has 1 aliphatic heterocycles. The molecule has 0 amide bonds. The number of para-hydroxylation sites is 2. The fourth-order valence-corrected chi connectivity index (χ4v) is 5.11. The van der Waals surface area contributed by atoms with Gasteiger partial charge in [0.25, 0.3) is 0 Å². The van der Waals surface area contributed by atoms with E-state index in [4.69, 9.17) is 0 Å². The first kappa shape index (κ1) is 16.2. The van der Waals surface area contributed by atoms with Crippen molar-refractivity contribution < 1.29 is 0 Å². The van der Waals surface area contributed by atoms with Gasteiger partial charge in [-0.25, -0.2) is 0 Å². The molecule has 0 atom stereocenters. The van der Waals surface area contributed by atoms with E-state index in [2.05, 4.69) is 69.5 Å². The molecule has 5 aromatic rings. The highest BCUT2D eigenvalue weighted by molar-refractivity contribution is 6.19. The number of hydrogen-bond donors (Lipinski definition) is 2. The Labute approximate surface area is 164 Å². The van der Waals surface area contributed by atoms with Crippen LogP contribution >= 0.6 is 0 Å². The maximum Gasteiger partial charge on any atom is 0.0518 e. The predicted octanol–water partition coefficient (Wildman–Crippen LogP) is 5.98. The molecule has 3 heteroatoms.